The molecule has 0 bridgehead atoms. The van der Waals surface area contributed by atoms with Crippen molar-refractivity contribution < 1.29 is 0 Å². The number of H-pyrrole nitrogens is 1. The standard InChI is InChI=1S/C16H17N5/c1-11-15(19-8-7-18-11)14-10-20-16(21-14)13(9-17)12-5-3-2-4-6-12/h2-8,10,13H,9,17H2,1H3,(H,20,21). The molecule has 21 heavy (non-hydrogen) atoms. The highest BCUT2D eigenvalue weighted by Gasteiger charge is 2.17. The number of aromatic nitrogens is 4. The minimum absolute atomic E-state index is 0.0527. The van der Waals surface area contributed by atoms with Crippen molar-refractivity contribution >= 4 is 0 Å². The fraction of sp³-hybridized carbons (Fsp3) is 0.188. The molecule has 0 saturated heterocycles. The van der Waals surface area contributed by atoms with Gasteiger partial charge in [-0.15, -0.1) is 0 Å². The lowest BCUT2D eigenvalue weighted by Gasteiger charge is -2.12. The average molecular weight is 279 g/mol. The third-order valence-corrected chi connectivity index (χ3v) is 3.50. The maximum atomic E-state index is 5.93. The largest absolute Gasteiger partial charge is 0.340 e. The summed E-state index contributed by atoms with van der Waals surface area (Å²) in [5.74, 6) is 0.903. The zero-order chi connectivity index (χ0) is 14.7. The van der Waals surface area contributed by atoms with Gasteiger partial charge in [-0.3, -0.25) is 9.97 Å². The lowest BCUT2D eigenvalue weighted by molar-refractivity contribution is 0.765. The van der Waals surface area contributed by atoms with Gasteiger partial charge in [0.2, 0.25) is 0 Å². The molecule has 1 unspecified atom stereocenters. The van der Waals surface area contributed by atoms with Gasteiger partial charge >= 0.3 is 0 Å². The number of imidazole rings is 1. The fourth-order valence-corrected chi connectivity index (χ4v) is 2.40. The minimum Gasteiger partial charge on any atom is -0.340 e. The van der Waals surface area contributed by atoms with Crippen molar-refractivity contribution in [3.8, 4) is 11.4 Å². The number of aryl methyl sites for hydroxylation is 1. The Hall–Kier alpha value is -2.53. The van der Waals surface area contributed by atoms with Crippen molar-refractivity contribution in [1.82, 2.24) is 19.9 Å². The lowest BCUT2D eigenvalue weighted by atomic mass is 9.99. The summed E-state index contributed by atoms with van der Waals surface area (Å²) in [6.07, 6.45) is 5.15. The molecule has 3 rings (SSSR count). The van der Waals surface area contributed by atoms with E-state index in [2.05, 4.69) is 32.1 Å². The molecule has 0 saturated carbocycles. The maximum Gasteiger partial charge on any atom is 0.115 e. The fourth-order valence-electron chi connectivity index (χ4n) is 2.40. The van der Waals surface area contributed by atoms with Crippen LogP contribution in [-0.2, 0) is 0 Å². The van der Waals surface area contributed by atoms with E-state index in [1.54, 1.807) is 18.6 Å². The molecular formula is C16H17N5. The Bertz CT molecular complexity index is 720. The highest BCUT2D eigenvalue weighted by molar-refractivity contribution is 5.55. The maximum absolute atomic E-state index is 5.93. The van der Waals surface area contributed by atoms with Crippen LogP contribution in [0.3, 0.4) is 0 Å². The zero-order valence-corrected chi connectivity index (χ0v) is 11.8. The molecule has 3 aromatic rings. The van der Waals surface area contributed by atoms with Gasteiger partial charge in [0.1, 0.15) is 11.5 Å². The van der Waals surface area contributed by atoms with Crippen LogP contribution in [0.5, 0.6) is 0 Å². The Morgan fingerprint density at radius 1 is 1.10 bits per heavy atom. The van der Waals surface area contributed by atoms with Crippen LogP contribution in [0.25, 0.3) is 11.4 Å². The van der Waals surface area contributed by atoms with Gasteiger partial charge in [0.05, 0.1) is 23.5 Å². The Balaban J connectivity index is 1.96. The van der Waals surface area contributed by atoms with E-state index in [0.717, 1.165) is 28.5 Å². The number of aromatic amines is 1. The molecule has 0 aliphatic heterocycles. The molecule has 2 heterocycles. The summed E-state index contributed by atoms with van der Waals surface area (Å²) in [5.41, 5.74) is 9.63. The second kappa shape index (κ2) is 5.85. The molecule has 1 atom stereocenters. The van der Waals surface area contributed by atoms with Crippen LogP contribution in [-0.4, -0.2) is 26.5 Å². The first-order chi connectivity index (χ1) is 10.3. The minimum atomic E-state index is 0.0527. The monoisotopic (exact) mass is 279 g/mol. The van der Waals surface area contributed by atoms with Crippen LogP contribution in [0.4, 0.5) is 0 Å². The van der Waals surface area contributed by atoms with E-state index in [1.807, 2.05) is 25.1 Å². The van der Waals surface area contributed by atoms with Gasteiger partial charge in [0.25, 0.3) is 0 Å². The average Bonchev–Trinajstić information content (AvgIpc) is 2.99. The van der Waals surface area contributed by atoms with Gasteiger partial charge in [-0.05, 0) is 12.5 Å². The number of nitrogens with two attached hydrogens (primary N) is 1. The van der Waals surface area contributed by atoms with Crippen molar-refractivity contribution in [2.45, 2.75) is 12.8 Å². The first-order valence-electron chi connectivity index (χ1n) is 6.87. The molecule has 0 radical (unpaired) electrons. The molecule has 106 valence electrons. The molecule has 0 aliphatic rings. The van der Waals surface area contributed by atoms with Gasteiger partial charge in [-0.1, -0.05) is 30.3 Å². The van der Waals surface area contributed by atoms with Crippen LogP contribution in [0.1, 0.15) is 23.0 Å². The number of benzene rings is 1. The van der Waals surface area contributed by atoms with Crippen molar-refractivity contribution in [2.75, 3.05) is 6.54 Å². The Labute approximate surface area is 123 Å². The number of nitrogens with zero attached hydrogens (tertiary/aromatic N) is 3. The van der Waals surface area contributed by atoms with Crippen molar-refractivity contribution in [3.63, 3.8) is 0 Å². The van der Waals surface area contributed by atoms with E-state index in [-0.39, 0.29) is 5.92 Å². The van der Waals surface area contributed by atoms with E-state index < -0.39 is 0 Å². The summed E-state index contributed by atoms with van der Waals surface area (Å²) in [6.45, 7) is 2.43. The highest BCUT2D eigenvalue weighted by Crippen LogP contribution is 2.24. The van der Waals surface area contributed by atoms with E-state index in [9.17, 15) is 0 Å². The molecule has 0 fully saturated rings. The quantitative estimate of drug-likeness (QED) is 0.767. The van der Waals surface area contributed by atoms with Crippen LogP contribution in [0, 0.1) is 6.92 Å². The van der Waals surface area contributed by atoms with Crippen LogP contribution in [0.15, 0.2) is 48.9 Å². The van der Waals surface area contributed by atoms with Crippen LogP contribution < -0.4 is 5.73 Å². The van der Waals surface area contributed by atoms with Gasteiger partial charge in [-0.25, -0.2) is 4.98 Å². The van der Waals surface area contributed by atoms with Gasteiger partial charge in [-0.2, -0.15) is 0 Å². The van der Waals surface area contributed by atoms with Crippen molar-refractivity contribution in [1.29, 1.82) is 0 Å². The smallest absolute Gasteiger partial charge is 0.115 e. The van der Waals surface area contributed by atoms with Gasteiger partial charge in [0, 0.05) is 18.9 Å². The Morgan fingerprint density at radius 3 is 2.57 bits per heavy atom. The molecule has 1 aromatic carbocycles. The van der Waals surface area contributed by atoms with E-state index in [0.29, 0.717) is 6.54 Å². The van der Waals surface area contributed by atoms with Gasteiger partial charge < -0.3 is 10.7 Å². The summed E-state index contributed by atoms with van der Waals surface area (Å²) in [5, 5.41) is 0. The highest BCUT2D eigenvalue weighted by atomic mass is 15.0. The molecular weight excluding hydrogens is 262 g/mol. The normalized spacial score (nSPS) is 12.3. The second-order valence-corrected chi connectivity index (χ2v) is 4.87. The molecule has 0 amide bonds. The molecule has 0 aliphatic carbocycles. The van der Waals surface area contributed by atoms with Crippen LogP contribution >= 0.6 is 0 Å². The summed E-state index contributed by atoms with van der Waals surface area (Å²) in [7, 11) is 0. The molecule has 0 spiro atoms. The van der Waals surface area contributed by atoms with E-state index in [4.69, 9.17) is 5.73 Å². The number of rotatable bonds is 4. The lowest BCUT2D eigenvalue weighted by Crippen LogP contribution is -2.15. The first kappa shape index (κ1) is 13.5. The third kappa shape index (κ3) is 2.68. The third-order valence-electron chi connectivity index (χ3n) is 3.50. The van der Waals surface area contributed by atoms with Gasteiger partial charge in [0.15, 0.2) is 0 Å². The molecule has 5 nitrogen and oxygen atoms in total. The topological polar surface area (TPSA) is 80.5 Å². The first-order valence-corrected chi connectivity index (χ1v) is 6.87. The van der Waals surface area contributed by atoms with Crippen LogP contribution in [0.2, 0.25) is 0 Å². The molecule has 2 aromatic heterocycles. The van der Waals surface area contributed by atoms with Crippen molar-refractivity contribution in [2.24, 2.45) is 5.73 Å². The molecule has 3 N–H and O–H groups in total. The summed E-state index contributed by atoms with van der Waals surface area (Å²) >= 11 is 0. The Kier molecular flexibility index (Phi) is 3.75. The SMILES string of the molecule is Cc1nccnc1-c1cnc(C(CN)c2ccccc2)[nH]1. The number of hydrogen-bond donors (Lipinski definition) is 2. The number of hydrogen-bond acceptors (Lipinski definition) is 4. The Morgan fingerprint density at radius 2 is 1.86 bits per heavy atom. The zero-order valence-electron chi connectivity index (χ0n) is 11.8. The molecule has 5 heteroatoms. The number of nitrogens with one attached hydrogen (secondary N) is 1. The summed E-state index contributed by atoms with van der Waals surface area (Å²) < 4.78 is 0. The summed E-state index contributed by atoms with van der Waals surface area (Å²) in [4.78, 5) is 16.4. The van der Waals surface area contributed by atoms with Crippen molar-refractivity contribution in [3.05, 3.63) is 66.0 Å². The predicted octanol–water partition coefficient (Wildman–Crippen LogP) is 2.27. The summed E-state index contributed by atoms with van der Waals surface area (Å²) in [6, 6.07) is 10.1. The second-order valence-electron chi connectivity index (χ2n) is 4.87. The van der Waals surface area contributed by atoms with E-state index >= 15 is 0 Å². The van der Waals surface area contributed by atoms with E-state index in [1.165, 1.54) is 0 Å². The predicted molar refractivity (Wildman–Crippen MR) is 81.7 cm³/mol.